The van der Waals surface area contributed by atoms with Crippen molar-refractivity contribution >= 4 is 0 Å². The quantitative estimate of drug-likeness (QED) is 0.386. The van der Waals surface area contributed by atoms with Crippen molar-refractivity contribution in [3.63, 3.8) is 0 Å². The third-order valence-electron chi connectivity index (χ3n) is 2.37. The van der Waals surface area contributed by atoms with Crippen LogP contribution in [-0.4, -0.2) is 5.26 Å². The van der Waals surface area contributed by atoms with Crippen LogP contribution in [0.25, 0.3) is 0 Å². The Labute approximate surface area is 67.8 Å². The molecule has 2 heteroatoms. The van der Waals surface area contributed by atoms with E-state index in [1.54, 1.807) is 0 Å². The topological polar surface area (TPSA) is 29.5 Å². The van der Waals surface area contributed by atoms with Crippen LogP contribution in [-0.2, 0) is 4.89 Å². The van der Waals surface area contributed by atoms with Gasteiger partial charge in [0.2, 0.25) is 0 Å². The summed E-state index contributed by atoms with van der Waals surface area (Å²) in [7, 11) is 0. The summed E-state index contributed by atoms with van der Waals surface area (Å²) < 4.78 is 0. The molecule has 1 N–H and O–H groups in total. The summed E-state index contributed by atoms with van der Waals surface area (Å²) in [4.78, 5) is 4.06. The van der Waals surface area contributed by atoms with E-state index < -0.39 is 0 Å². The summed E-state index contributed by atoms with van der Waals surface area (Å²) in [5, 5.41) is 8.27. The first-order valence-corrected chi connectivity index (χ1v) is 4.32. The summed E-state index contributed by atoms with van der Waals surface area (Å²) in [5.41, 5.74) is 0. The van der Waals surface area contributed by atoms with E-state index in [-0.39, 0.29) is 0 Å². The van der Waals surface area contributed by atoms with Gasteiger partial charge in [0.05, 0.1) is 0 Å². The lowest BCUT2D eigenvalue weighted by atomic mass is 9.87. The molecule has 1 aliphatic carbocycles. The molecule has 0 aromatic heterocycles. The van der Waals surface area contributed by atoms with Crippen LogP contribution in [0.2, 0.25) is 0 Å². The van der Waals surface area contributed by atoms with E-state index in [4.69, 9.17) is 5.26 Å². The zero-order valence-corrected chi connectivity index (χ0v) is 6.88. The highest BCUT2D eigenvalue weighted by Crippen LogP contribution is 2.28. The molecule has 0 bridgehead atoms. The molecule has 64 valence electrons. The predicted molar refractivity (Wildman–Crippen MR) is 44.0 cm³/mol. The Hall–Kier alpha value is -0.500. The first-order chi connectivity index (χ1) is 5.33. The van der Waals surface area contributed by atoms with E-state index in [0.717, 1.165) is 6.42 Å². The van der Waals surface area contributed by atoms with Crippen molar-refractivity contribution in [2.24, 2.45) is 5.92 Å². The Morgan fingerprint density at radius 3 is 2.55 bits per heavy atom. The standard InChI is InChI=1S/C9H16O2/c1-8(11-10)7-9-5-3-2-4-6-9/h9-10H,1-7H2. The lowest BCUT2D eigenvalue weighted by Gasteiger charge is -2.20. The smallest absolute Gasteiger partial charge is 0.135 e. The second-order valence-electron chi connectivity index (χ2n) is 3.34. The molecular formula is C9H16O2. The van der Waals surface area contributed by atoms with Crippen LogP contribution < -0.4 is 0 Å². The monoisotopic (exact) mass is 156 g/mol. The Morgan fingerprint density at radius 2 is 2.00 bits per heavy atom. The molecule has 0 aliphatic heterocycles. The fourth-order valence-electron chi connectivity index (χ4n) is 1.75. The van der Waals surface area contributed by atoms with Crippen LogP contribution in [0.4, 0.5) is 0 Å². The van der Waals surface area contributed by atoms with E-state index in [1.165, 1.54) is 32.1 Å². The molecule has 0 unspecified atom stereocenters. The average molecular weight is 156 g/mol. The van der Waals surface area contributed by atoms with Gasteiger partial charge >= 0.3 is 0 Å². The number of hydrogen-bond donors (Lipinski definition) is 1. The van der Waals surface area contributed by atoms with Crippen LogP contribution >= 0.6 is 0 Å². The van der Waals surface area contributed by atoms with Gasteiger partial charge in [-0.15, -0.1) is 0 Å². The van der Waals surface area contributed by atoms with Crippen molar-refractivity contribution in [3.8, 4) is 0 Å². The minimum Gasteiger partial charge on any atom is -0.345 e. The lowest BCUT2D eigenvalue weighted by Crippen LogP contribution is -2.07. The van der Waals surface area contributed by atoms with Gasteiger partial charge in [-0.3, -0.25) is 0 Å². The Kier molecular flexibility index (Phi) is 3.43. The molecule has 1 saturated carbocycles. The minimum atomic E-state index is 0.511. The first kappa shape index (κ1) is 8.60. The van der Waals surface area contributed by atoms with Crippen molar-refractivity contribution in [1.29, 1.82) is 0 Å². The third kappa shape index (κ3) is 2.93. The SMILES string of the molecule is C=C(CC1CCCCC1)OO. The highest BCUT2D eigenvalue weighted by molar-refractivity contribution is 4.84. The Balaban J connectivity index is 2.19. The summed E-state index contributed by atoms with van der Waals surface area (Å²) >= 11 is 0. The minimum absolute atomic E-state index is 0.511. The van der Waals surface area contributed by atoms with Gasteiger partial charge in [0.1, 0.15) is 5.76 Å². The van der Waals surface area contributed by atoms with Crippen LogP contribution in [0.3, 0.4) is 0 Å². The normalized spacial score (nSPS) is 19.7. The zero-order valence-electron chi connectivity index (χ0n) is 6.88. The second-order valence-corrected chi connectivity index (χ2v) is 3.34. The van der Waals surface area contributed by atoms with E-state index in [1.807, 2.05) is 0 Å². The molecule has 0 heterocycles. The fraction of sp³-hybridized carbons (Fsp3) is 0.778. The maximum atomic E-state index is 8.27. The van der Waals surface area contributed by atoms with E-state index in [0.29, 0.717) is 11.7 Å². The van der Waals surface area contributed by atoms with Crippen molar-refractivity contribution in [2.75, 3.05) is 0 Å². The van der Waals surface area contributed by atoms with E-state index in [9.17, 15) is 0 Å². The summed E-state index contributed by atoms with van der Waals surface area (Å²) in [6.07, 6.45) is 7.37. The molecule has 0 atom stereocenters. The first-order valence-electron chi connectivity index (χ1n) is 4.32. The van der Waals surface area contributed by atoms with Crippen LogP contribution in [0.15, 0.2) is 12.3 Å². The number of allylic oxidation sites excluding steroid dienone is 1. The molecule has 0 amide bonds. The summed E-state index contributed by atoms with van der Waals surface area (Å²) in [5.74, 6) is 1.21. The summed E-state index contributed by atoms with van der Waals surface area (Å²) in [6.45, 7) is 3.60. The molecule has 1 aliphatic rings. The number of rotatable bonds is 3. The highest BCUT2D eigenvalue weighted by Gasteiger charge is 2.14. The van der Waals surface area contributed by atoms with Crippen molar-refractivity contribution < 1.29 is 10.1 Å². The van der Waals surface area contributed by atoms with Crippen LogP contribution in [0, 0.1) is 5.92 Å². The molecule has 0 aromatic rings. The largest absolute Gasteiger partial charge is 0.345 e. The molecule has 0 spiro atoms. The molecule has 0 radical (unpaired) electrons. The molecule has 1 fully saturated rings. The van der Waals surface area contributed by atoms with Gasteiger partial charge in [0.15, 0.2) is 0 Å². The van der Waals surface area contributed by atoms with Gasteiger partial charge in [-0.2, -0.15) is 0 Å². The molecule has 1 rings (SSSR count). The second kappa shape index (κ2) is 4.39. The number of hydrogen-bond acceptors (Lipinski definition) is 2. The fourth-order valence-corrected chi connectivity index (χ4v) is 1.75. The zero-order chi connectivity index (χ0) is 8.10. The highest BCUT2D eigenvalue weighted by atomic mass is 17.1. The average Bonchev–Trinajstić information content (AvgIpc) is 2.06. The molecule has 0 saturated heterocycles. The molecular weight excluding hydrogens is 140 g/mol. The maximum absolute atomic E-state index is 8.27. The van der Waals surface area contributed by atoms with E-state index in [2.05, 4.69) is 11.5 Å². The van der Waals surface area contributed by atoms with Gasteiger partial charge in [-0.25, -0.2) is 5.26 Å². The molecule has 2 nitrogen and oxygen atoms in total. The van der Waals surface area contributed by atoms with Crippen LogP contribution in [0.5, 0.6) is 0 Å². The van der Waals surface area contributed by atoms with Crippen molar-refractivity contribution in [1.82, 2.24) is 0 Å². The maximum Gasteiger partial charge on any atom is 0.135 e. The van der Waals surface area contributed by atoms with Gasteiger partial charge in [0, 0.05) is 6.42 Å². The van der Waals surface area contributed by atoms with Gasteiger partial charge in [0.25, 0.3) is 0 Å². The van der Waals surface area contributed by atoms with Gasteiger partial charge in [-0.05, 0) is 5.92 Å². The Morgan fingerprint density at radius 1 is 1.36 bits per heavy atom. The van der Waals surface area contributed by atoms with Crippen LogP contribution in [0.1, 0.15) is 38.5 Å². The molecule has 0 aromatic carbocycles. The van der Waals surface area contributed by atoms with Gasteiger partial charge in [-0.1, -0.05) is 38.7 Å². The van der Waals surface area contributed by atoms with Crippen molar-refractivity contribution in [3.05, 3.63) is 12.3 Å². The molecule has 11 heavy (non-hydrogen) atoms. The summed E-state index contributed by atoms with van der Waals surface area (Å²) in [6, 6.07) is 0. The third-order valence-corrected chi connectivity index (χ3v) is 2.37. The van der Waals surface area contributed by atoms with Crippen molar-refractivity contribution in [2.45, 2.75) is 38.5 Å². The lowest BCUT2D eigenvalue weighted by molar-refractivity contribution is -0.206. The van der Waals surface area contributed by atoms with E-state index >= 15 is 0 Å². The predicted octanol–water partition coefficient (Wildman–Crippen LogP) is 2.96. The van der Waals surface area contributed by atoms with Gasteiger partial charge < -0.3 is 4.89 Å². The Bertz CT molecular complexity index is 126.